The van der Waals surface area contributed by atoms with Gasteiger partial charge in [-0.1, -0.05) is 19.3 Å². The average molecular weight is 430 g/mol. The highest BCUT2D eigenvalue weighted by Gasteiger charge is 2.46. The van der Waals surface area contributed by atoms with Crippen molar-refractivity contribution in [3.8, 4) is 11.3 Å². The number of likely N-dealkylation sites (N-methyl/N-ethyl adjacent to an activating group) is 1. The molecule has 166 valence electrons. The second-order valence-corrected chi connectivity index (χ2v) is 8.99. The number of rotatable bonds is 5. The summed E-state index contributed by atoms with van der Waals surface area (Å²) in [6.45, 7) is 1.79. The van der Waals surface area contributed by atoms with Crippen molar-refractivity contribution in [3.63, 3.8) is 0 Å². The number of nitrogens with one attached hydrogen (secondary N) is 2. The minimum Gasteiger partial charge on any atom is -0.359 e. The van der Waals surface area contributed by atoms with Crippen molar-refractivity contribution in [1.82, 2.24) is 15.3 Å². The molecular formula is C24H29F2N3O2. The smallest absolute Gasteiger partial charge is 0.249 e. The number of carbonyl (C=O) groups excluding carboxylic acids is 1. The zero-order chi connectivity index (χ0) is 22.2. The third-order valence-electron chi connectivity index (χ3n) is 6.76. The number of H-pyrrole nitrogens is 1. The lowest BCUT2D eigenvalue weighted by Gasteiger charge is -2.35. The van der Waals surface area contributed by atoms with E-state index in [2.05, 4.69) is 15.3 Å². The number of hydrogen-bond acceptors (Lipinski definition) is 3. The minimum absolute atomic E-state index is 0.0283. The first kappa shape index (κ1) is 21.7. The largest absolute Gasteiger partial charge is 0.359 e. The Labute approximate surface area is 180 Å². The molecule has 31 heavy (non-hydrogen) atoms. The van der Waals surface area contributed by atoms with E-state index in [1.54, 1.807) is 20.2 Å². The summed E-state index contributed by atoms with van der Waals surface area (Å²) < 4.78 is 26.8. The van der Waals surface area contributed by atoms with Gasteiger partial charge in [-0.05, 0) is 37.3 Å². The van der Waals surface area contributed by atoms with Gasteiger partial charge in [0.15, 0.2) is 5.43 Å². The number of pyridine rings is 2. The van der Waals surface area contributed by atoms with Crippen molar-refractivity contribution < 1.29 is 13.6 Å². The number of amides is 1. The first-order valence-corrected chi connectivity index (χ1v) is 11.1. The van der Waals surface area contributed by atoms with Crippen LogP contribution in [-0.4, -0.2) is 28.8 Å². The Kier molecular flexibility index (Phi) is 5.95. The van der Waals surface area contributed by atoms with Crippen LogP contribution in [0.2, 0.25) is 0 Å². The van der Waals surface area contributed by atoms with Gasteiger partial charge in [0.1, 0.15) is 0 Å². The molecule has 0 aromatic carbocycles. The fourth-order valence-electron chi connectivity index (χ4n) is 4.89. The van der Waals surface area contributed by atoms with E-state index in [-0.39, 0.29) is 36.5 Å². The molecule has 0 aliphatic heterocycles. The average Bonchev–Trinajstić information content (AvgIpc) is 2.74. The molecule has 2 fully saturated rings. The first-order chi connectivity index (χ1) is 14.8. The van der Waals surface area contributed by atoms with Gasteiger partial charge in [-0.2, -0.15) is 0 Å². The highest BCUT2D eigenvalue weighted by molar-refractivity contribution is 5.78. The van der Waals surface area contributed by atoms with Crippen LogP contribution in [-0.2, 0) is 11.2 Å². The van der Waals surface area contributed by atoms with Crippen molar-refractivity contribution >= 4 is 5.91 Å². The van der Waals surface area contributed by atoms with Crippen LogP contribution in [0.5, 0.6) is 0 Å². The van der Waals surface area contributed by atoms with Crippen molar-refractivity contribution in [3.05, 3.63) is 51.1 Å². The third kappa shape index (κ3) is 4.55. The third-order valence-corrected chi connectivity index (χ3v) is 6.76. The van der Waals surface area contributed by atoms with Gasteiger partial charge in [0.05, 0.1) is 12.1 Å². The number of aromatic nitrogens is 2. The van der Waals surface area contributed by atoms with Gasteiger partial charge in [0, 0.05) is 60.6 Å². The lowest BCUT2D eigenvalue weighted by Crippen LogP contribution is -2.34. The second kappa shape index (κ2) is 8.52. The molecule has 5 nitrogen and oxygen atoms in total. The molecule has 2 aliphatic carbocycles. The van der Waals surface area contributed by atoms with Crippen LogP contribution in [0.4, 0.5) is 8.78 Å². The van der Waals surface area contributed by atoms with E-state index in [1.807, 2.05) is 6.07 Å². The van der Waals surface area contributed by atoms with Gasteiger partial charge in [-0.25, -0.2) is 8.78 Å². The number of aromatic amines is 1. The summed E-state index contributed by atoms with van der Waals surface area (Å²) in [5, 5.41) is 2.54. The Morgan fingerprint density at radius 2 is 1.90 bits per heavy atom. The summed E-state index contributed by atoms with van der Waals surface area (Å²) in [4.78, 5) is 32.3. The van der Waals surface area contributed by atoms with Crippen LogP contribution < -0.4 is 10.7 Å². The van der Waals surface area contributed by atoms with Gasteiger partial charge >= 0.3 is 0 Å². The second-order valence-electron chi connectivity index (χ2n) is 8.99. The van der Waals surface area contributed by atoms with Crippen LogP contribution in [0.3, 0.4) is 0 Å². The Balaban J connectivity index is 1.73. The highest BCUT2D eigenvalue weighted by atomic mass is 19.3. The molecule has 2 heterocycles. The molecule has 7 heteroatoms. The zero-order valence-corrected chi connectivity index (χ0v) is 18.1. The van der Waals surface area contributed by atoms with Gasteiger partial charge < -0.3 is 10.3 Å². The predicted molar refractivity (Wildman–Crippen MR) is 116 cm³/mol. The Morgan fingerprint density at radius 3 is 2.52 bits per heavy atom. The lowest BCUT2D eigenvalue weighted by atomic mass is 9.76. The summed E-state index contributed by atoms with van der Waals surface area (Å²) in [6.07, 6.45) is 7.07. The first-order valence-electron chi connectivity index (χ1n) is 11.1. The van der Waals surface area contributed by atoms with Crippen LogP contribution in [0.25, 0.3) is 11.3 Å². The molecule has 2 saturated carbocycles. The molecule has 0 saturated heterocycles. The van der Waals surface area contributed by atoms with Crippen molar-refractivity contribution in [2.75, 3.05) is 7.05 Å². The van der Waals surface area contributed by atoms with Crippen molar-refractivity contribution in [2.24, 2.45) is 0 Å². The van der Waals surface area contributed by atoms with Gasteiger partial charge in [0.2, 0.25) is 11.8 Å². The van der Waals surface area contributed by atoms with Crippen LogP contribution >= 0.6 is 0 Å². The molecule has 0 bridgehead atoms. The number of aryl methyl sites for hydroxylation is 1. The van der Waals surface area contributed by atoms with Gasteiger partial charge in [-0.3, -0.25) is 14.6 Å². The fourth-order valence-corrected chi connectivity index (χ4v) is 4.89. The van der Waals surface area contributed by atoms with E-state index >= 15 is 0 Å². The Bertz CT molecular complexity index is 1030. The number of halogens is 2. The molecule has 2 N–H and O–H groups in total. The summed E-state index contributed by atoms with van der Waals surface area (Å²) in [7, 11) is 1.54. The summed E-state index contributed by atoms with van der Waals surface area (Å²) >= 11 is 0. The molecule has 0 spiro atoms. The van der Waals surface area contributed by atoms with E-state index in [1.165, 1.54) is 12.5 Å². The quantitative estimate of drug-likeness (QED) is 0.730. The summed E-state index contributed by atoms with van der Waals surface area (Å²) in [5.74, 6) is -2.67. The molecular weight excluding hydrogens is 400 g/mol. The maximum atomic E-state index is 13.4. The monoisotopic (exact) mass is 429 g/mol. The topological polar surface area (TPSA) is 74.8 Å². The van der Waals surface area contributed by atoms with E-state index in [0.717, 1.165) is 42.5 Å². The minimum atomic E-state index is -2.58. The Hall–Kier alpha value is -2.57. The zero-order valence-electron chi connectivity index (χ0n) is 18.1. The number of nitrogens with zero attached hydrogens (tertiary/aromatic N) is 1. The van der Waals surface area contributed by atoms with Crippen LogP contribution in [0, 0.1) is 6.92 Å². The molecule has 1 amide bonds. The molecule has 0 atom stereocenters. The molecule has 0 unspecified atom stereocenters. The number of carbonyl (C=O) groups is 1. The van der Waals surface area contributed by atoms with Crippen LogP contribution in [0.1, 0.15) is 79.3 Å². The molecule has 4 rings (SSSR count). The molecule has 2 aromatic heterocycles. The standard InChI is InChI=1S/C24H29F2N3O2/c1-14-17(9-23(31)27-2)22(30)10-21(29-14)19-13-28-20(16-11-24(25,26)12-16)8-18(19)15-6-4-3-5-7-15/h8,10,13,15-16H,3-7,9,11-12H2,1-2H3,(H,27,31)(H,29,30). The molecule has 0 radical (unpaired) electrons. The molecule has 2 aromatic rings. The number of alkyl halides is 2. The van der Waals surface area contributed by atoms with E-state index in [0.29, 0.717) is 22.9 Å². The molecule has 2 aliphatic rings. The number of hydrogen-bond donors (Lipinski definition) is 2. The SMILES string of the molecule is CNC(=O)Cc1c(C)[nH]c(-c2cnc(C3CC(F)(F)C3)cc2C2CCCCC2)cc1=O. The van der Waals surface area contributed by atoms with E-state index in [4.69, 9.17) is 0 Å². The summed E-state index contributed by atoms with van der Waals surface area (Å²) in [6, 6.07) is 3.53. The van der Waals surface area contributed by atoms with Crippen molar-refractivity contribution in [2.45, 2.75) is 76.0 Å². The van der Waals surface area contributed by atoms with Gasteiger partial charge in [0.25, 0.3) is 0 Å². The maximum absolute atomic E-state index is 13.4. The normalized spacial score (nSPS) is 19.1. The predicted octanol–water partition coefficient (Wildman–Crippen LogP) is 4.59. The van der Waals surface area contributed by atoms with Crippen molar-refractivity contribution in [1.29, 1.82) is 0 Å². The summed E-state index contributed by atoms with van der Waals surface area (Å²) in [5.41, 5.74) is 4.26. The van der Waals surface area contributed by atoms with Crippen LogP contribution in [0.15, 0.2) is 23.1 Å². The van der Waals surface area contributed by atoms with E-state index in [9.17, 15) is 18.4 Å². The lowest BCUT2D eigenvalue weighted by molar-refractivity contribution is -0.120. The Morgan fingerprint density at radius 1 is 1.19 bits per heavy atom. The maximum Gasteiger partial charge on any atom is 0.249 e. The van der Waals surface area contributed by atoms with E-state index < -0.39 is 5.92 Å². The highest BCUT2D eigenvalue weighted by Crippen LogP contribution is 2.49. The fraction of sp³-hybridized carbons (Fsp3) is 0.542. The van der Waals surface area contributed by atoms with Gasteiger partial charge in [-0.15, -0.1) is 0 Å².